The Morgan fingerprint density at radius 2 is 1.97 bits per heavy atom. The number of carbonyl (C=O) groups is 1. The molecule has 4 rings (SSSR count). The van der Waals surface area contributed by atoms with Crippen LogP contribution >= 0.6 is 0 Å². The Morgan fingerprint density at radius 3 is 2.57 bits per heavy atom. The number of benzene rings is 1. The van der Waals surface area contributed by atoms with E-state index in [0.717, 1.165) is 37.9 Å². The molecule has 2 aliphatic rings. The van der Waals surface area contributed by atoms with E-state index in [4.69, 9.17) is 4.74 Å². The van der Waals surface area contributed by atoms with Gasteiger partial charge in [-0.25, -0.2) is 9.37 Å². The van der Waals surface area contributed by atoms with Crippen LogP contribution in [-0.2, 0) is 11.2 Å². The zero-order chi connectivity index (χ0) is 26.8. The minimum absolute atomic E-state index is 0.0974. The third-order valence-electron chi connectivity index (χ3n) is 7.43. The molecule has 6 nitrogen and oxygen atoms in total. The predicted octanol–water partition coefficient (Wildman–Crippen LogP) is 4.73. The molecule has 0 bridgehead atoms. The average Bonchev–Trinajstić information content (AvgIpc) is 2.84. The molecule has 37 heavy (non-hydrogen) atoms. The minimum Gasteiger partial charge on any atom is -0.471 e. The van der Waals surface area contributed by atoms with Crippen LogP contribution in [0.15, 0.2) is 42.6 Å². The largest absolute Gasteiger partial charge is 0.471 e. The Hall–Kier alpha value is -2.72. The van der Waals surface area contributed by atoms with Crippen molar-refractivity contribution < 1.29 is 32.2 Å². The quantitative estimate of drug-likeness (QED) is 0.414. The molecule has 1 saturated carbocycles. The monoisotopic (exact) mass is 523 g/mol. The van der Waals surface area contributed by atoms with Gasteiger partial charge in [-0.2, -0.15) is 13.2 Å². The Morgan fingerprint density at radius 1 is 1.27 bits per heavy atom. The third kappa shape index (κ3) is 6.41. The highest BCUT2D eigenvalue weighted by molar-refractivity contribution is 5.73. The van der Waals surface area contributed by atoms with Gasteiger partial charge in [0.05, 0.1) is 18.1 Å². The molecule has 202 valence electrons. The fraction of sp³-hybridized carbons (Fsp3) is 0.556. The molecule has 2 unspecified atom stereocenters. The van der Waals surface area contributed by atoms with Gasteiger partial charge >= 0.3 is 6.18 Å². The van der Waals surface area contributed by atoms with Crippen LogP contribution in [-0.4, -0.2) is 46.5 Å². The van der Waals surface area contributed by atoms with E-state index >= 15 is 0 Å². The maximum absolute atomic E-state index is 14.8. The first-order valence-corrected chi connectivity index (χ1v) is 12.6. The highest BCUT2D eigenvalue weighted by atomic mass is 19.4. The first-order chi connectivity index (χ1) is 17.5. The molecule has 2 heterocycles. The molecule has 2 aromatic rings. The molecule has 3 N–H and O–H groups in total. The second-order valence-electron chi connectivity index (χ2n) is 10.3. The molecule has 1 aliphatic heterocycles. The van der Waals surface area contributed by atoms with Crippen LogP contribution in [0.4, 0.5) is 17.6 Å². The molecular weight excluding hydrogens is 490 g/mol. The number of aliphatic hydroxyl groups excluding tert-OH is 1. The molecule has 1 aromatic carbocycles. The van der Waals surface area contributed by atoms with E-state index in [1.54, 1.807) is 0 Å². The second kappa shape index (κ2) is 10.9. The summed E-state index contributed by atoms with van der Waals surface area (Å²) in [5, 5.41) is 17.1. The summed E-state index contributed by atoms with van der Waals surface area (Å²) >= 11 is 0. The standard InChI is InChI=1S/C27H33F4N3O3/c1-16(27(29,30)31)24(28)19-12-20-22(13-26(9-6-10-26)37-25(20)33-14-19)32-15-23(36)21(34-17(2)35)11-18-7-4-3-5-8-18/h3-5,7-8,12,14,16,21-24,32,36H,6,9-11,13,15H2,1-2H3,(H,34,35)/t16?,21-,22-,23-,24?/m0/s1. The van der Waals surface area contributed by atoms with Crippen molar-refractivity contribution in [1.29, 1.82) is 0 Å². The summed E-state index contributed by atoms with van der Waals surface area (Å²) < 4.78 is 60.3. The van der Waals surface area contributed by atoms with Gasteiger partial charge in [-0.05, 0) is 37.3 Å². The van der Waals surface area contributed by atoms with Crippen LogP contribution in [0.25, 0.3) is 0 Å². The number of aliphatic hydroxyl groups is 1. The number of halogens is 4. The van der Waals surface area contributed by atoms with Crippen LogP contribution in [0.3, 0.4) is 0 Å². The van der Waals surface area contributed by atoms with E-state index in [1.165, 1.54) is 13.0 Å². The van der Waals surface area contributed by atoms with E-state index in [1.807, 2.05) is 30.3 Å². The number of amides is 1. The SMILES string of the molecule is CC(=O)N[C@@H](Cc1ccccc1)[C@@H](O)CN[C@H]1CC2(CCC2)Oc2ncc(C(F)C(C)C(F)(F)F)cc21. The van der Waals surface area contributed by atoms with Gasteiger partial charge < -0.3 is 20.5 Å². The van der Waals surface area contributed by atoms with Gasteiger partial charge in [0.1, 0.15) is 11.8 Å². The predicted molar refractivity (Wildman–Crippen MR) is 130 cm³/mol. The number of pyridine rings is 1. The van der Waals surface area contributed by atoms with Crippen molar-refractivity contribution in [2.75, 3.05) is 6.54 Å². The molecule has 1 amide bonds. The lowest BCUT2D eigenvalue weighted by atomic mass is 9.73. The van der Waals surface area contributed by atoms with E-state index in [9.17, 15) is 27.5 Å². The number of carbonyl (C=O) groups excluding carboxylic acids is 1. The zero-order valence-corrected chi connectivity index (χ0v) is 20.9. The lowest BCUT2D eigenvalue weighted by molar-refractivity contribution is -0.186. The number of hydrogen-bond donors (Lipinski definition) is 3. The first kappa shape index (κ1) is 27.3. The van der Waals surface area contributed by atoms with Crippen molar-refractivity contribution in [3.8, 4) is 5.88 Å². The minimum atomic E-state index is -4.68. The van der Waals surface area contributed by atoms with Crippen LogP contribution in [0, 0.1) is 5.92 Å². The number of alkyl halides is 4. The van der Waals surface area contributed by atoms with Crippen molar-refractivity contribution in [2.45, 2.75) is 82.1 Å². The summed E-state index contributed by atoms with van der Waals surface area (Å²) in [6.45, 7) is 2.29. The zero-order valence-electron chi connectivity index (χ0n) is 20.9. The van der Waals surface area contributed by atoms with Gasteiger partial charge in [0, 0.05) is 43.3 Å². The highest BCUT2D eigenvalue weighted by Gasteiger charge is 2.47. The van der Waals surface area contributed by atoms with Gasteiger partial charge in [-0.3, -0.25) is 4.79 Å². The molecule has 0 saturated heterocycles. The third-order valence-corrected chi connectivity index (χ3v) is 7.43. The van der Waals surface area contributed by atoms with E-state index in [-0.39, 0.29) is 23.9 Å². The van der Waals surface area contributed by atoms with Crippen LogP contribution in [0.5, 0.6) is 5.88 Å². The number of rotatable bonds is 9. The number of fused-ring (bicyclic) bond motifs is 1. The number of aromatic nitrogens is 1. The summed E-state index contributed by atoms with van der Waals surface area (Å²) in [6, 6.07) is 9.88. The number of ether oxygens (including phenoxy) is 1. The van der Waals surface area contributed by atoms with Crippen LogP contribution in [0.1, 0.15) is 68.4 Å². The fourth-order valence-electron chi connectivity index (χ4n) is 5.03. The smallest absolute Gasteiger partial charge is 0.394 e. The topological polar surface area (TPSA) is 83.5 Å². The number of hydrogen-bond acceptors (Lipinski definition) is 5. The van der Waals surface area contributed by atoms with E-state index < -0.39 is 42.1 Å². The summed E-state index contributed by atoms with van der Waals surface area (Å²) in [5.74, 6) is -2.18. The lowest BCUT2D eigenvalue weighted by Gasteiger charge is -2.47. The molecule has 10 heteroatoms. The second-order valence-corrected chi connectivity index (χ2v) is 10.3. The molecule has 1 aliphatic carbocycles. The van der Waals surface area contributed by atoms with E-state index in [0.29, 0.717) is 18.4 Å². The summed E-state index contributed by atoms with van der Waals surface area (Å²) in [6.07, 6.45) is -3.23. The fourth-order valence-corrected chi connectivity index (χ4v) is 5.03. The van der Waals surface area contributed by atoms with Crippen molar-refractivity contribution in [2.24, 2.45) is 5.92 Å². The Bertz CT molecular complexity index is 1080. The molecule has 1 aromatic heterocycles. The van der Waals surface area contributed by atoms with Crippen molar-refractivity contribution in [1.82, 2.24) is 15.6 Å². The highest BCUT2D eigenvalue weighted by Crippen LogP contribution is 2.49. The van der Waals surface area contributed by atoms with Gasteiger partial charge in [-0.1, -0.05) is 37.3 Å². The molecular formula is C27H33F4N3O3. The van der Waals surface area contributed by atoms with Crippen molar-refractivity contribution in [3.05, 3.63) is 59.3 Å². The Labute approximate surface area is 213 Å². The molecule has 1 spiro atoms. The van der Waals surface area contributed by atoms with Crippen molar-refractivity contribution in [3.63, 3.8) is 0 Å². The number of nitrogens with zero attached hydrogens (tertiary/aromatic N) is 1. The van der Waals surface area contributed by atoms with Gasteiger partial charge in [-0.15, -0.1) is 0 Å². The van der Waals surface area contributed by atoms with Gasteiger partial charge in [0.2, 0.25) is 11.8 Å². The molecule has 0 radical (unpaired) electrons. The molecule has 5 atom stereocenters. The maximum Gasteiger partial charge on any atom is 0.394 e. The summed E-state index contributed by atoms with van der Waals surface area (Å²) in [4.78, 5) is 16.0. The normalized spacial score (nSPS) is 21.6. The Kier molecular flexibility index (Phi) is 8.08. The van der Waals surface area contributed by atoms with Crippen LogP contribution < -0.4 is 15.4 Å². The maximum atomic E-state index is 14.8. The Balaban J connectivity index is 1.53. The molecule has 1 fully saturated rings. The van der Waals surface area contributed by atoms with Gasteiger partial charge in [0.25, 0.3) is 0 Å². The van der Waals surface area contributed by atoms with Crippen molar-refractivity contribution >= 4 is 5.91 Å². The van der Waals surface area contributed by atoms with E-state index in [2.05, 4.69) is 15.6 Å². The average molecular weight is 524 g/mol. The lowest BCUT2D eigenvalue weighted by Crippen LogP contribution is -2.52. The first-order valence-electron chi connectivity index (χ1n) is 12.6. The van der Waals surface area contributed by atoms with Gasteiger partial charge in [0.15, 0.2) is 0 Å². The van der Waals surface area contributed by atoms with Crippen LogP contribution in [0.2, 0.25) is 0 Å². The number of nitrogens with one attached hydrogen (secondary N) is 2. The summed E-state index contributed by atoms with van der Waals surface area (Å²) in [5.41, 5.74) is 0.828. The summed E-state index contributed by atoms with van der Waals surface area (Å²) in [7, 11) is 0.